The number of amides is 1. The Hall–Kier alpha value is -2.71. The molecule has 4 rings (SSSR count). The molecule has 0 aliphatic carbocycles. The van der Waals surface area contributed by atoms with E-state index in [4.69, 9.17) is 0 Å². The molecule has 2 N–H and O–H groups in total. The van der Waals surface area contributed by atoms with Gasteiger partial charge in [-0.15, -0.1) is 0 Å². The quantitative estimate of drug-likeness (QED) is 0.666. The first-order valence-electron chi connectivity index (χ1n) is 9.36. The number of nitrogens with one attached hydrogen (secondary N) is 2. The average Bonchev–Trinajstić information content (AvgIpc) is 3.38. The normalized spacial score (nSPS) is 15.1. The van der Waals surface area contributed by atoms with Crippen molar-refractivity contribution in [3.8, 4) is 0 Å². The summed E-state index contributed by atoms with van der Waals surface area (Å²) < 4.78 is 26.8. The molecule has 8 heteroatoms. The van der Waals surface area contributed by atoms with Crippen LogP contribution in [0.4, 0.5) is 0 Å². The summed E-state index contributed by atoms with van der Waals surface area (Å²) in [5.41, 5.74) is 2.19. The first-order valence-corrected chi connectivity index (χ1v) is 10.8. The summed E-state index contributed by atoms with van der Waals surface area (Å²) >= 11 is 0. The number of carbonyl (C=O) groups excluding carboxylic acids is 1. The van der Waals surface area contributed by atoms with Gasteiger partial charge in [0.2, 0.25) is 10.0 Å². The number of aromatic amines is 1. The number of sulfonamides is 1. The largest absolute Gasteiger partial charge is 0.352 e. The standard InChI is InChI=1S/C20H22N4O3S/c25-20(21-11-10-19-22-17-8-1-2-9-18(17)23-19)15-6-5-7-16(14-15)28(26,27)24-12-3-4-13-24/h1-2,5-9,14H,3-4,10-13H2,(H,21,25)(H,22,23). The minimum absolute atomic E-state index is 0.166. The van der Waals surface area contributed by atoms with Crippen LogP contribution in [0.25, 0.3) is 11.0 Å². The molecule has 1 aliphatic rings. The Morgan fingerprint density at radius 3 is 2.68 bits per heavy atom. The van der Waals surface area contributed by atoms with Gasteiger partial charge in [-0.1, -0.05) is 18.2 Å². The molecule has 28 heavy (non-hydrogen) atoms. The third-order valence-electron chi connectivity index (χ3n) is 4.88. The van der Waals surface area contributed by atoms with Crippen LogP contribution in [-0.4, -0.2) is 48.2 Å². The van der Waals surface area contributed by atoms with Crippen LogP contribution < -0.4 is 5.32 Å². The van der Waals surface area contributed by atoms with E-state index in [1.54, 1.807) is 18.2 Å². The molecule has 0 radical (unpaired) electrons. The monoisotopic (exact) mass is 398 g/mol. The van der Waals surface area contributed by atoms with Crippen molar-refractivity contribution in [2.24, 2.45) is 0 Å². The van der Waals surface area contributed by atoms with E-state index >= 15 is 0 Å². The molecule has 1 amide bonds. The number of hydrogen-bond acceptors (Lipinski definition) is 4. The topological polar surface area (TPSA) is 95.2 Å². The molecule has 2 aromatic carbocycles. The third-order valence-corrected chi connectivity index (χ3v) is 6.78. The molecule has 7 nitrogen and oxygen atoms in total. The zero-order valence-electron chi connectivity index (χ0n) is 15.4. The van der Waals surface area contributed by atoms with Gasteiger partial charge in [0.25, 0.3) is 5.91 Å². The molecule has 146 valence electrons. The number of benzene rings is 2. The van der Waals surface area contributed by atoms with Crippen molar-refractivity contribution >= 4 is 27.0 Å². The van der Waals surface area contributed by atoms with E-state index in [0.717, 1.165) is 29.7 Å². The van der Waals surface area contributed by atoms with Crippen molar-refractivity contribution in [3.05, 3.63) is 59.9 Å². The first-order chi connectivity index (χ1) is 13.5. The average molecular weight is 398 g/mol. The van der Waals surface area contributed by atoms with E-state index in [0.29, 0.717) is 31.6 Å². The van der Waals surface area contributed by atoms with Crippen molar-refractivity contribution in [2.45, 2.75) is 24.2 Å². The van der Waals surface area contributed by atoms with Gasteiger partial charge in [0.1, 0.15) is 5.82 Å². The van der Waals surface area contributed by atoms with Crippen LogP contribution in [0, 0.1) is 0 Å². The molecule has 1 saturated heterocycles. The van der Waals surface area contributed by atoms with Gasteiger partial charge in [0, 0.05) is 31.6 Å². The van der Waals surface area contributed by atoms with Crippen LogP contribution in [0.5, 0.6) is 0 Å². The van der Waals surface area contributed by atoms with Crippen molar-refractivity contribution in [2.75, 3.05) is 19.6 Å². The second-order valence-electron chi connectivity index (χ2n) is 6.85. The van der Waals surface area contributed by atoms with Gasteiger partial charge in [-0.05, 0) is 43.2 Å². The second kappa shape index (κ2) is 7.73. The maximum atomic E-state index is 12.7. The SMILES string of the molecule is O=C(NCCc1nc2ccccc2[nH]1)c1cccc(S(=O)(=O)N2CCCC2)c1. The fourth-order valence-electron chi connectivity index (χ4n) is 3.40. The zero-order chi connectivity index (χ0) is 19.6. The number of carbonyl (C=O) groups is 1. The molecule has 1 aliphatic heterocycles. The summed E-state index contributed by atoms with van der Waals surface area (Å²) in [6.45, 7) is 1.48. The van der Waals surface area contributed by atoms with Crippen LogP contribution in [-0.2, 0) is 16.4 Å². The molecule has 2 heterocycles. The number of H-pyrrole nitrogens is 1. The molecule has 0 unspecified atom stereocenters. The van der Waals surface area contributed by atoms with Crippen LogP contribution in [0.1, 0.15) is 29.0 Å². The van der Waals surface area contributed by atoms with Gasteiger partial charge < -0.3 is 10.3 Å². The lowest BCUT2D eigenvalue weighted by molar-refractivity contribution is 0.0954. The molecule has 3 aromatic rings. The highest BCUT2D eigenvalue weighted by atomic mass is 32.2. The van der Waals surface area contributed by atoms with E-state index in [1.807, 2.05) is 24.3 Å². The van der Waals surface area contributed by atoms with Crippen LogP contribution in [0.2, 0.25) is 0 Å². The minimum Gasteiger partial charge on any atom is -0.352 e. The maximum absolute atomic E-state index is 12.7. The van der Waals surface area contributed by atoms with E-state index in [1.165, 1.54) is 10.4 Å². The van der Waals surface area contributed by atoms with E-state index in [2.05, 4.69) is 15.3 Å². The van der Waals surface area contributed by atoms with Crippen LogP contribution in [0.3, 0.4) is 0 Å². The summed E-state index contributed by atoms with van der Waals surface area (Å²) in [6, 6.07) is 14.0. The number of nitrogens with zero attached hydrogens (tertiary/aromatic N) is 2. The van der Waals surface area contributed by atoms with Gasteiger partial charge in [-0.3, -0.25) is 4.79 Å². The molecule has 0 saturated carbocycles. The van der Waals surface area contributed by atoms with E-state index in [-0.39, 0.29) is 10.8 Å². The molecule has 1 aromatic heterocycles. The van der Waals surface area contributed by atoms with Gasteiger partial charge >= 0.3 is 0 Å². The number of aromatic nitrogens is 2. The number of hydrogen-bond donors (Lipinski definition) is 2. The smallest absolute Gasteiger partial charge is 0.251 e. The minimum atomic E-state index is -3.53. The molecule has 0 atom stereocenters. The number of imidazole rings is 1. The van der Waals surface area contributed by atoms with Gasteiger partial charge in [-0.25, -0.2) is 13.4 Å². The fraction of sp³-hybridized carbons (Fsp3) is 0.300. The highest BCUT2D eigenvalue weighted by Crippen LogP contribution is 2.21. The lowest BCUT2D eigenvalue weighted by atomic mass is 10.2. The highest BCUT2D eigenvalue weighted by Gasteiger charge is 2.27. The van der Waals surface area contributed by atoms with E-state index in [9.17, 15) is 13.2 Å². The van der Waals surface area contributed by atoms with Gasteiger partial charge in [0.05, 0.1) is 15.9 Å². The number of fused-ring (bicyclic) bond motifs is 1. The van der Waals surface area contributed by atoms with E-state index < -0.39 is 10.0 Å². The summed E-state index contributed by atoms with van der Waals surface area (Å²) in [7, 11) is -3.53. The molecular weight excluding hydrogens is 376 g/mol. The maximum Gasteiger partial charge on any atom is 0.251 e. The van der Waals surface area contributed by atoms with Crippen molar-refractivity contribution in [3.63, 3.8) is 0 Å². The van der Waals surface area contributed by atoms with Gasteiger partial charge in [0.15, 0.2) is 0 Å². The molecular formula is C20H22N4O3S. The Morgan fingerprint density at radius 2 is 1.89 bits per heavy atom. The predicted molar refractivity (Wildman–Crippen MR) is 107 cm³/mol. The lowest BCUT2D eigenvalue weighted by Gasteiger charge is -2.16. The first kappa shape index (κ1) is 18.6. The summed E-state index contributed by atoms with van der Waals surface area (Å²) in [4.78, 5) is 20.3. The fourth-order valence-corrected chi connectivity index (χ4v) is 4.96. The second-order valence-corrected chi connectivity index (χ2v) is 8.78. The van der Waals surface area contributed by atoms with Crippen molar-refractivity contribution in [1.29, 1.82) is 0 Å². The van der Waals surface area contributed by atoms with Gasteiger partial charge in [-0.2, -0.15) is 4.31 Å². The van der Waals surface area contributed by atoms with Crippen molar-refractivity contribution < 1.29 is 13.2 Å². The number of para-hydroxylation sites is 2. The summed E-state index contributed by atoms with van der Waals surface area (Å²) in [5.74, 6) is 0.501. The third kappa shape index (κ3) is 3.79. The summed E-state index contributed by atoms with van der Waals surface area (Å²) in [6.07, 6.45) is 2.31. The molecule has 0 bridgehead atoms. The Bertz CT molecular complexity index is 1070. The summed E-state index contributed by atoms with van der Waals surface area (Å²) in [5, 5.41) is 2.83. The Kier molecular flexibility index (Phi) is 5.15. The Labute approximate surface area is 163 Å². The van der Waals surface area contributed by atoms with Crippen LogP contribution in [0.15, 0.2) is 53.4 Å². The molecule has 0 spiro atoms. The van der Waals surface area contributed by atoms with Crippen LogP contribution >= 0.6 is 0 Å². The number of rotatable bonds is 6. The Balaban J connectivity index is 1.40. The van der Waals surface area contributed by atoms with Crippen molar-refractivity contribution in [1.82, 2.24) is 19.6 Å². The highest BCUT2D eigenvalue weighted by molar-refractivity contribution is 7.89. The molecule has 1 fully saturated rings. The predicted octanol–water partition coefficient (Wildman–Crippen LogP) is 2.32. The zero-order valence-corrected chi connectivity index (χ0v) is 16.2. The lowest BCUT2D eigenvalue weighted by Crippen LogP contribution is -2.29. The Morgan fingerprint density at radius 1 is 1.11 bits per heavy atom.